The number of nitrogens with one attached hydrogen (secondary N) is 1. The summed E-state index contributed by atoms with van der Waals surface area (Å²) in [4.78, 5) is 4.26. The number of ether oxygens (including phenoxy) is 1. The number of aromatic nitrogens is 2. The lowest BCUT2D eigenvalue weighted by atomic mass is 9.85. The van der Waals surface area contributed by atoms with E-state index in [1.54, 1.807) is 0 Å². The lowest BCUT2D eigenvalue weighted by Gasteiger charge is -2.25. The zero-order chi connectivity index (χ0) is 15.4. The van der Waals surface area contributed by atoms with Gasteiger partial charge in [0.2, 0.25) is 0 Å². The van der Waals surface area contributed by atoms with Crippen LogP contribution in [0.3, 0.4) is 0 Å². The molecule has 0 radical (unpaired) electrons. The number of hydrogen-bond acceptors (Lipinski definition) is 5. The first-order valence-electron chi connectivity index (χ1n) is 8.13. The minimum atomic E-state index is -0.0241. The van der Waals surface area contributed by atoms with Crippen molar-refractivity contribution in [2.24, 2.45) is 17.8 Å². The van der Waals surface area contributed by atoms with Gasteiger partial charge in [-0.1, -0.05) is 32.9 Å². The van der Waals surface area contributed by atoms with E-state index in [1.165, 1.54) is 0 Å². The van der Waals surface area contributed by atoms with E-state index in [-0.39, 0.29) is 12.2 Å². The van der Waals surface area contributed by atoms with E-state index in [0.29, 0.717) is 29.5 Å². The van der Waals surface area contributed by atoms with Gasteiger partial charge in [0.15, 0.2) is 5.82 Å². The molecule has 5 heteroatoms. The molecule has 1 aromatic heterocycles. The molecule has 0 spiro atoms. The smallest absolute Gasteiger partial charge is 0.255 e. The minimum Gasteiger partial charge on any atom is -0.364 e. The van der Waals surface area contributed by atoms with Crippen molar-refractivity contribution in [3.05, 3.63) is 11.7 Å². The van der Waals surface area contributed by atoms with E-state index in [0.717, 1.165) is 25.9 Å². The summed E-state index contributed by atoms with van der Waals surface area (Å²) in [5, 5.41) is 7.40. The molecule has 0 bridgehead atoms. The first-order valence-corrected chi connectivity index (χ1v) is 8.13. The molecule has 2 rings (SSSR count). The van der Waals surface area contributed by atoms with Gasteiger partial charge in [0.1, 0.15) is 6.10 Å². The largest absolute Gasteiger partial charge is 0.364 e. The first-order chi connectivity index (χ1) is 9.97. The van der Waals surface area contributed by atoms with Crippen molar-refractivity contribution in [2.45, 2.75) is 59.7 Å². The van der Waals surface area contributed by atoms with Gasteiger partial charge in [0.25, 0.3) is 5.89 Å². The third-order valence-corrected chi connectivity index (χ3v) is 4.39. The maximum atomic E-state index is 6.00. The average Bonchev–Trinajstić information content (AvgIpc) is 3.02. The molecule has 1 aliphatic heterocycles. The molecule has 2 heterocycles. The normalized spacial score (nSPS) is 22.9. The Labute approximate surface area is 127 Å². The van der Waals surface area contributed by atoms with Crippen molar-refractivity contribution >= 4 is 0 Å². The van der Waals surface area contributed by atoms with Gasteiger partial charge < -0.3 is 14.6 Å². The van der Waals surface area contributed by atoms with Crippen molar-refractivity contribution in [1.29, 1.82) is 0 Å². The van der Waals surface area contributed by atoms with Crippen LogP contribution in [0.15, 0.2) is 4.52 Å². The topological polar surface area (TPSA) is 60.2 Å². The molecule has 0 aliphatic carbocycles. The Morgan fingerprint density at radius 1 is 1.19 bits per heavy atom. The molecule has 1 aromatic rings. The standard InChI is InChI=1S/C16H29N3O2/c1-10(2)14(11(3)4)9-17-8-13-6-7-15(20-13)16-18-12(5)19-21-16/h10-11,13-15,17H,6-9H2,1-5H3/t13-,15+/m1/s1. The number of nitrogens with zero attached hydrogens (tertiary/aromatic N) is 2. The van der Waals surface area contributed by atoms with Crippen molar-refractivity contribution in [3.63, 3.8) is 0 Å². The Kier molecular flexibility index (Phi) is 5.76. The van der Waals surface area contributed by atoms with Crippen LogP contribution in [-0.2, 0) is 4.74 Å². The molecule has 1 fully saturated rings. The van der Waals surface area contributed by atoms with Crippen LogP contribution in [0.5, 0.6) is 0 Å². The van der Waals surface area contributed by atoms with Crippen molar-refractivity contribution in [1.82, 2.24) is 15.5 Å². The molecule has 0 unspecified atom stereocenters. The zero-order valence-electron chi connectivity index (χ0n) is 13.9. The van der Waals surface area contributed by atoms with Crippen LogP contribution in [0.4, 0.5) is 0 Å². The third-order valence-electron chi connectivity index (χ3n) is 4.39. The van der Waals surface area contributed by atoms with Crippen molar-refractivity contribution < 1.29 is 9.26 Å². The van der Waals surface area contributed by atoms with Crippen molar-refractivity contribution in [3.8, 4) is 0 Å². The van der Waals surface area contributed by atoms with E-state index < -0.39 is 0 Å². The predicted molar refractivity (Wildman–Crippen MR) is 81.9 cm³/mol. The van der Waals surface area contributed by atoms with Crippen LogP contribution in [0, 0.1) is 24.7 Å². The van der Waals surface area contributed by atoms with Crippen LogP contribution in [0.25, 0.3) is 0 Å². The van der Waals surface area contributed by atoms with Gasteiger partial charge in [0.05, 0.1) is 6.10 Å². The van der Waals surface area contributed by atoms with Crippen LogP contribution >= 0.6 is 0 Å². The molecule has 0 amide bonds. The van der Waals surface area contributed by atoms with E-state index >= 15 is 0 Å². The lowest BCUT2D eigenvalue weighted by molar-refractivity contribution is 0.0256. The second-order valence-electron chi connectivity index (χ2n) is 6.81. The highest BCUT2D eigenvalue weighted by molar-refractivity contribution is 4.92. The van der Waals surface area contributed by atoms with Gasteiger partial charge in [0, 0.05) is 6.54 Å². The zero-order valence-corrected chi connectivity index (χ0v) is 13.9. The summed E-state index contributed by atoms with van der Waals surface area (Å²) < 4.78 is 11.2. The molecule has 0 saturated carbocycles. The predicted octanol–water partition coefficient (Wildman–Crippen LogP) is 3.12. The van der Waals surface area contributed by atoms with Gasteiger partial charge >= 0.3 is 0 Å². The summed E-state index contributed by atoms with van der Waals surface area (Å²) in [6.45, 7) is 13.0. The fourth-order valence-electron chi connectivity index (χ4n) is 3.13. The summed E-state index contributed by atoms with van der Waals surface area (Å²) in [6, 6.07) is 0. The van der Waals surface area contributed by atoms with Crippen LogP contribution in [0.1, 0.15) is 58.4 Å². The molecule has 120 valence electrons. The Balaban J connectivity index is 1.73. The SMILES string of the molecule is Cc1noc([C@@H]2CC[C@H](CNCC(C(C)C)C(C)C)O2)n1. The molecule has 0 aromatic carbocycles. The molecule has 1 saturated heterocycles. The van der Waals surface area contributed by atoms with E-state index in [2.05, 4.69) is 43.2 Å². The highest BCUT2D eigenvalue weighted by Crippen LogP contribution is 2.31. The second-order valence-corrected chi connectivity index (χ2v) is 6.81. The molecule has 1 aliphatic rings. The number of aryl methyl sites for hydroxylation is 1. The summed E-state index contributed by atoms with van der Waals surface area (Å²) >= 11 is 0. The van der Waals surface area contributed by atoms with Gasteiger partial charge in [-0.15, -0.1) is 0 Å². The first kappa shape index (κ1) is 16.4. The third kappa shape index (κ3) is 4.51. The maximum absolute atomic E-state index is 6.00. The Hall–Kier alpha value is -0.940. The maximum Gasteiger partial charge on any atom is 0.255 e. The highest BCUT2D eigenvalue weighted by Gasteiger charge is 2.30. The van der Waals surface area contributed by atoms with Crippen molar-refractivity contribution in [2.75, 3.05) is 13.1 Å². The van der Waals surface area contributed by atoms with Gasteiger partial charge in [-0.3, -0.25) is 0 Å². The average molecular weight is 295 g/mol. The van der Waals surface area contributed by atoms with Crippen LogP contribution < -0.4 is 5.32 Å². The van der Waals surface area contributed by atoms with Gasteiger partial charge in [-0.05, 0) is 44.1 Å². The second kappa shape index (κ2) is 7.36. The summed E-state index contributed by atoms with van der Waals surface area (Å²) in [6.07, 6.45) is 2.24. The molecular formula is C16H29N3O2. The molecule has 5 nitrogen and oxygen atoms in total. The molecular weight excluding hydrogens is 266 g/mol. The number of hydrogen-bond donors (Lipinski definition) is 1. The lowest BCUT2D eigenvalue weighted by Crippen LogP contribution is -2.34. The van der Waals surface area contributed by atoms with Crippen LogP contribution in [-0.4, -0.2) is 29.3 Å². The van der Waals surface area contributed by atoms with E-state index in [1.807, 2.05) is 6.92 Å². The summed E-state index contributed by atoms with van der Waals surface area (Å²) in [5.74, 6) is 3.41. The van der Waals surface area contributed by atoms with Gasteiger partial charge in [-0.25, -0.2) is 0 Å². The van der Waals surface area contributed by atoms with E-state index in [4.69, 9.17) is 9.26 Å². The molecule has 2 atom stereocenters. The summed E-state index contributed by atoms with van der Waals surface area (Å²) in [7, 11) is 0. The summed E-state index contributed by atoms with van der Waals surface area (Å²) in [5.41, 5.74) is 0. The fraction of sp³-hybridized carbons (Fsp3) is 0.875. The Morgan fingerprint density at radius 3 is 2.48 bits per heavy atom. The minimum absolute atomic E-state index is 0.0241. The molecule has 21 heavy (non-hydrogen) atoms. The van der Waals surface area contributed by atoms with Crippen LogP contribution in [0.2, 0.25) is 0 Å². The molecule has 1 N–H and O–H groups in total. The Morgan fingerprint density at radius 2 is 1.90 bits per heavy atom. The monoisotopic (exact) mass is 295 g/mol. The Bertz CT molecular complexity index is 423. The highest BCUT2D eigenvalue weighted by atomic mass is 16.5. The fourth-order valence-corrected chi connectivity index (χ4v) is 3.13. The number of rotatable bonds is 7. The quantitative estimate of drug-likeness (QED) is 0.837. The van der Waals surface area contributed by atoms with Gasteiger partial charge in [-0.2, -0.15) is 4.98 Å². The van der Waals surface area contributed by atoms with E-state index in [9.17, 15) is 0 Å².